The van der Waals surface area contributed by atoms with E-state index >= 15 is 0 Å². The Morgan fingerprint density at radius 3 is 2.80 bits per heavy atom. The molecule has 0 saturated carbocycles. The van der Waals surface area contributed by atoms with Crippen molar-refractivity contribution in [3.63, 3.8) is 0 Å². The third-order valence-corrected chi connectivity index (χ3v) is 1.14. The fraction of sp³-hybridized carbons (Fsp3) is 0.714. The third kappa shape index (κ3) is 3.45. The lowest BCUT2D eigenvalue weighted by Crippen LogP contribution is -2.31. The van der Waals surface area contributed by atoms with Crippen LogP contribution >= 0.6 is 0 Å². The Balaban J connectivity index is 3.49. The van der Waals surface area contributed by atoms with Gasteiger partial charge in [-0.15, -0.1) is 0 Å². The molecule has 1 radical (unpaired) electrons. The predicted molar refractivity (Wildman–Crippen MR) is 38.9 cm³/mol. The average Bonchev–Trinajstić information content (AvgIpc) is 1.89. The van der Waals surface area contributed by atoms with E-state index in [-0.39, 0.29) is 5.97 Å². The van der Waals surface area contributed by atoms with Crippen LogP contribution in [-0.4, -0.2) is 12.0 Å². The summed E-state index contributed by atoms with van der Waals surface area (Å²) in [5, 5.41) is 0. The SMILES string of the molecule is C[CH]OC(=O)C(N)CCC. The molecule has 59 valence electrons. The number of carbonyl (C=O) groups excluding carboxylic acids is 1. The first-order chi connectivity index (χ1) is 4.72. The normalized spacial score (nSPS) is 12.7. The molecule has 0 saturated heterocycles. The highest BCUT2D eigenvalue weighted by molar-refractivity contribution is 5.75. The first kappa shape index (κ1) is 9.43. The van der Waals surface area contributed by atoms with Gasteiger partial charge in [0.25, 0.3) is 0 Å². The Hall–Kier alpha value is -0.570. The number of carbonyl (C=O) groups is 1. The van der Waals surface area contributed by atoms with Crippen LogP contribution < -0.4 is 5.73 Å². The van der Waals surface area contributed by atoms with Crippen molar-refractivity contribution in [3.05, 3.63) is 6.61 Å². The molecule has 0 aliphatic carbocycles. The maximum atomic E-state index is 10.8. The summed E-state index contributed by atoms with van der Waals surface area (Å²) in [6.45, 7) is 4.97. The van der Waals surface area contributed by atoms with Crippen LogP contribution in [0.25, 0.3) is 0 Å². The maximum Gasteiger partial charge on any atom is 0.323 e. The maximum absolute atomic E-state index is 10.8. The smallest absolute Gasteiger partial charge is 0.323 e. The minimum Gasteiger partial charge on any atom is -0.458 e. The average molecular weight is 144 g/mol. The lowest BCUT2D eigenvalue weighted by Gasteiger charge is -2.07. The van der Waals surface area contributed by atoms with E-state index in [1.807, 2.05) is 6.92 Å². The molecule has 1 unspecified atom stereocenters. The van der Waals surface area contributed by atoms with Crippen molar-refractivity contribution in [1.29, 1.82) is 0 Å². The van der Waals surface area contributed by atoms with E-state index in [1.165, 1.54) is 6.61 Å². The molecule has 3 heteroatoms. The molecule has 3 nitrogen and oxygen atoms in total. The molecule has 0 bridgehead atoms. The van der Waals surface area contributed by atoms with Gasteiger partial charge >= 0.3 is 5.97 Å². The van der Waals surface area contributed by atoms with Gasteiger partial charge in [-0.1, -0.05) is 13.3 Å². The molecule has 0 amide bonds. The standard InChI is InChI=1S/C7H14NO2/c1-3-5-6(8)7(9)10-4-2/h4,6H,3,5,8H2,1-2H3. The molecule has 0 aromatic heterocycles. The summed E-state index contributed by atoms with van der Waals surface area (Å²) in [6.07, 6.45) is 1.59. The van der Waals surface area contributed by atoms with E-state index in [1.54, 1.807) is 6.92 Å². The molecular formula is C7H14NO2. The zero-order valence-electron chi connectivity index (χ0n) is 6.46. The van der Waals surface area contributed by atoms with Crippen molar-refractivity contribution >= 4 is 5.97 Å². The lowest BCUT2D eigenvalue weighted by atomic mass is 10.2. The zero-order chi connectivity index (χ0) is 7.98. The highest BCUT2D eigenvalue weighted by atomic mass is 16.5. The van der Waals surface area contributed by atoms with Gasteiger partial charge in [0, 0.05) is 0 Å². The van der Waals surface area contributed by atoms with Crippen molar-refractivity contribution in [2.75, 3.05) is 0 Å². The Morgan fingerprint density at radius 2 is 2.40 bits per heavy atom. The van der Waals surface area contributed by atoms with Crippen LogP contribution in [0.3, 0.4) is 0 Å². The molecule has 0 spiro atoms. The fourth-order valence-corrected chi connectivity index (χ4v) is 0.632. The summed E-state index contributed by atoms with van der Waals surface area (Å²) < 4.78 is 4.57. The molecule has 0 aromatic rings. The lowest BCUT2D eigenvalue weighted by molar-refractivity contribution is -0.141. The monoisotopic (exact) mass is 144 g/mol. The third-order valence-electron chi connectivity index (χ3n) is 1.14. The second-order valence-corrected chi connectivity index (χ2v) is 2.07. The van der Waals surface area contributed by atoms with Crippen LogP contribution in [-0.2, 0) is 9.53 Å². The van der Waals surface area contributed by atoms with Crippen LogP contribution in [0.15, 0.2) is 0 Å². The Bertz CT molecular complexity index is 104. The Labute approximate surface area is 61.5 Å². The molecule has 0 rings (SSSR count). The number of hydrogen-bond acceptors (Lipinski definition) is 3. The summed E-state index contributed by atoms with van der Waals surface area (Å²) in [7, 11) is 0. The highest BCUT2D eigenvalue weighted by Gasteiger charge is 2.12. The van der Waals surface area contributed by atoms with Gasteiger partial charge in [0.1, 0.15) is 12.6 Å². The predicted octanol–water partition coefficient (Wildman–Crippen LogP) is 0.839. The van der Waals surface area contributed by atoms with E-state index < -0.39 is 6.04 Å². The first-order valence-corrected chi connectivity index (χ1v) is 3.46. The highest BCUT2D eigenvalue weighted by Crippen LogP contribution is 1.96. The number of nitrogens with two attached hydrogens (primary N) is 1. The molecule has 0 heterocycles. The summed E-state index contributed by atoms with van der Waals surface area (Å²) in [5.74, 6) is -0.343. The van der Waals surface area contributed by atoms with Gasteiger partial charge in [0.2, 0.25) is 0 Å². The van der Waals surface area contributed by atoms with E-state index in [9.17, 15) is 4.79 Å². The first-order valence-electron chi connectivity index (χ1n) is 3.46. The van der Waals surface area contributed by atoms with Crippen LogP contribution in [0.1, 0.15) is 26.7 Å². The second-order valence-electron chi connectivity index (χ2n) is 2.07. The van der Waals surface area contributed by atoms with Gasteiger partial charge in [0.05, 0.1) is 0 Å². The molecule has 1 atom stereocenters. The number of ether oxygens (including phenoxy) is 1. The van der Waals surface area contributed by atoms with E-state index in [2.05, 4.69) is 4.74 Å². The Kier molecular flexibility index (Phi) is 4.94. The number of esters is 1. The van der Waals surface area contributed by atoms with Crippen molar-refractivity contribution in [1.82, 2.24) is 0 Å². The topological polar surface area (TPSA) is 52.3 Å². The molecule has 0 fully saturated rings. The van der Waals surface area contributed by atoms with Crippen molar-refractivity contribution < 1.29 is 9.53 Å². The zero-order valence-corrected chi connectivity index (χ0v) is 6.46. The van der Waals surface area contributed by atoms with Crippen molar-refractivity contribution in [2.24, 2.45) is 5.73 Å². The van der Waals surface area contributed by atoms with Crippen LogP contribution in [0.4, 0.5) is 0 Å². The van der Waals surface area contributed by atoms with Crippen LogP contribution in [0.5, 0.6) is 0 Å². The fourth-order valence-electron chi connectivity index (χ4n) is 0.632. The van der Waals surface area contributed by atoms with E-state index in [4.69, 9.17) is 5.73 Å². The van der Waals surface area contributed by atoms with Gasteiger partial charge in [-0.2, -0.15) is 0 Å². The molecule has 2 N–H and O–H groups in total. The van der Waals surface area contributed by atoms with E-state index in [0.717, 1.165) is 6.42 Å². The van der Waals surface area contributed by atoms with Gasteiger partial charge in [-0.05, 0) is 13.3 Å². The summed E-state index contributed by atoms with van der Waals surface area (Å²) in [5.41, 5.74) is 5.42. The minimum atomic E-state index is -0.457. The van der Waals surface area contributed by atoms with Crippen molar-refractivity contribution in [3.8, 4) is 0 Å². The summed E-state index contributed by atoms with van der Waals surface area (Å²) >= 11 is 0. The quantitative estimate of drug-likeness (QED) is 0.595. The van der Waals surface area contributed by atoms with E-state index in [0.29, 0.717) is 6.42 Å². The van der Waals surface area contributed by atoms with Crippen LogP contribution in [0.2, 0.25) is 0 Å². The van der Waals surface area contributed by atoms with Crippen molar-refractivity contribution in [2.45, 2.75) is 32.7 Å². The number of rotatable bonds is 4. The summed E-state index contributed by atoms with van der Waals surface area (Å²) in [4.78, 5) is 10.8. The van der Waals surface area contributed by atoms with Gasteiger partial charge < -0.3 is 10.5 Å². The minimum absolute atomic E-state index is 0.343. The molecule has 0 aliphatic heterocycles. The number of hydrogen-bond donors (Lipinski definition) is 1. The Morgan fingerprint density at radius 1 is 1.80 bits per heavy atom. The molecule has 10 heavy (non-hydrogen) atoms. The van der Waals surface area contributed by atoms with Gasteiger partial charge in [-0.3, -0.25) is 4.79 Å². The largest absolute Gasteiger partial charge is 0.458 e. The second kappa shape index (κ2) is 5.23. The molecule has 0 aliphatic rings. The van der Waals surface area contributed by atoms with Gasteiger partial charge in [0.15, 0.2) is 0 Å². The molecule has 0 aromatic carbocycles. The van der Waals surface area contributed by atoms with Gasteiger partial charge in [-0.25, -0.2) is 0 Å². The summed E-state index contributed by atoms with van der Waals surface area (Å²) in [6, 6.07) is -0.457. The molecular weight excluding hydrogens is 130 g/mol. The van der Waals surface area contributed by atoms with Crippen LogP contribution in [0, 0.1) is 6.61 Å².